The Balaban J connectivity index is 2.10. The van der Waals surface area contributed by atoms with Crippen LogP contribution in [-0.4, -0.2) is 25.3 Å². The molecular formula is C22H36O3. The molecule has 0 radical (unpaired) electrons. The number of rotatable bonds is 8. The van der Waals surface area contributed by atoms with Gasteiger partial charge in [-0.3, -0.25) is 4.79 Å². The number of methoxy groups -OCH3 is 1. The SMILES string of the molecule is C=C[C@H](/C=C/C(C)(C)OCOC)[C@@H](C)[C@H]1CC[C@H]2C(=O)CCC[C@]12C. The number of allylic oxidation sites excluding steroid dienone is 2. The van der Waals surface area contributed by atoms with Gasteiger partial charge >= 0.3 is 0 Å². The van der Waals surface area contributed by atoms with Gasteiger partial charge in [-0.2, -0.15) is 0 Å². The first-order chi connectivity index (χ1) is 11.7. The number of Topliss-reactive ketones (excluding diaryl/α,β-unsaturated/α-hetero) is 1. The normalized spacial score (nSPS) is 32.6. The van der Waals surface area contributed by atoms with E-state index in [1.807, 2.05) is 13.8 Å². The summed E-state index contributed by atoms with van der Waals surface area (Å²) < 4.78 is 10.7. The zero-order valence-corrected chi connectivity index (χ0v) is 16.7. The lowest BCUT2D eigenvalue weighted by atomic mass is 9.60. The molecule has 0 bridgehead atoms. The number of carbonyl (C=O) groups is 1. The number of ketones is 1. The van der Waals surface area contributed by atoms with Crippen molar-refractivity contribution < 1.29 is 14.3 Å². The van der Waals surface area contributed by atoms with Gasteiger partial charge in [-0.05, 0) is 62.7 Å². The van der Waals surface area contributed by atoms with Gasteiger partial charge < -0.3 is 9.47 Å². The molecule has 3 nitrogen and oxygen atoms in total. The molecule has 5 atom stereocenters. The number of fused-ring (bicyclic) bond motifs is 1. The van der Waals surface area contributed by atoms with E-state index in [0.717, 1.165) is 25.7 Å². The molecule has 0 amide bonds. The third kappa shape index (κ3) is 4.43. The largest absolute Gasteiger partial charge is 0.359 e. The quantitative estimate of drug-likeness (QED) is 0.449. The Morgan fingerprint density at radius 1 is 1.40 bits per heavy atom. The summed E-state index contributed by atoms with van der Waals surface area (Å²) in [6.07, 6.45) is 11.7. The molecule has 25 heavy (non-hydrogen) atoms. The highest BCUT2D eigenvalue weighted by Gasteiger charge is 2.52. The summed E-state index contributed by atoms with van der Waals surface area (Å²) in [7, 11) is 1.64. The summed E-state index contributed by atoms with van der Waals surface area (Å²) in [6.45, 7) is 13.1. The molecule has 0 N–H and O–H groups in total. The average Bonchev–Trinajstić information content (AvgIpc) is 2.91. The molecule has 0 unspecified atom stereocenters. The third-order valence-electron chi connectivity index (χ3n) is 6.72. The van der Waals surface area contributed by atoms with E-state index in [-0.39, 0.29) is 23.7 Å². The zero-order valence-electron chi connectivity index (χ0n) is 16.7. The Hall–Kier alpha value is -0.930. The van der Waals surface area contributed by atoms with E-state index in [4.69, 9.17) is 9.47 Å². The van der Waals surface area contributed by atoms with Crippen LogP contribution in [-0.2, 0) is 14.3 Å². The lowest BCUT2D eigenvalue weighted by molar-refractivity contribution is -0.130. The van der Waals surface area contributed by atoms with E-state index in [0.29, 0.717) is 23.5 Å². The molecule has 0 saturated heterocycles. The van der Waals surface area contributed by atoms with Gasteiger partial charge in [0.2, 0.25) is 0 Å². The van der Waals surface area contributed by atoms with Crippen molar-refractivity contribution in [3.63, 3.8) is 0 Å². The van der Waals surface area contributed by atoms with E-state index in [1.54, 1.807) is 7.11 Å². The van der Waals surface area contributed by atoms with Gasteiger partial charge in [0.25, 0.3) is 0 Å². The summed E-state index contributed by atoms with van der Waals surface area (Å²) in [5, 5.41) is 0. The highest BCUT2D eigenvalue weighted by Crippen LogP contribution is 2.57. The fourth-order valence-corrected chi connectivity index (χ4v) is 5.17. The van der Waals surface area contributed by atoms with Crippen molar-refractivity contribution >= 4 is 5.78 Å². The molecule has 142 valence electrons. The molecule has 2 aliphatic carbocycles. The van der Waals surface area contributed by atoms with Crippen molar-refractivity contribution in [2.24, 2.45) is 29.1 Å². The van der Waals surface area contributed by atoms with Crippen LogP contribution in [0.4, 0.5) is 0 Å². The molecule has 2 fully saturated rings. The monoisotopic (exact) mass is 348 g/mol. The highest BCUT2D eigenvalue weighted by molar-refractivity contribution is 5.83. The van der Waals surface area contributed by atoms with Crippen molar-refractivity contribution in [3.8, 4) is 0 Å². The number of carbonyl (C=O) groups excluding carboxylic acids is 1. The van der Waals surface area contributed by atoms with Crippen LogP contribution < -0.4 is 0 Å². The Morgan fingerprint density at radius 2 is 2.12 bits per heavy atom. The fourth-order valence-electron chi connectivity index (χ4n) is 5.17. The molecular weight excluding hydrogens is 312 g/mol. The van der Waals surface area contributed by atoms with Gasteiger partial charge in [0.1, 0.15) is 12.6 Å². The molecule has 0 aliphatic heterocycles. The molecule has 0 heterocycles. The summed E-state index contributed by atoms with van der Waals surface area (Å²) in [4.78, 5) is 12.4. The molecule has 0 aromatic heterocycles. The molecule has 2 saturated carbocycles. The minimum Gasteiger partial charge on any atom is -0.359 e. The van der Waals surface area contributed by atoms with E-state index < -0.39 is 0 Å². The second kappa shape index (κ2) is 8.18. The maximum absolute atomic E-state index is 12.4. The lowest BCUT2D eigenvalue weighted by Crippen LogP contribution is -2.40. The summed E-state index contributed by atoms with van der Waals surface area (Å²) >= 11 is 0. The topological polar surface area (TPSA) is 35.5 Å². The zero-order chi connectivity index (χ0) is 18.7. The van der Waals surface area contributed by atoms with E-state index >= 15 is 0 Å². The van der Waals surface area contributed by atoms with Crippen molar-refractivity contribution in [1.82, 2.24) is 0 Å². The molecule has 0 aromatic rings. The number of hydrogen-bond donors (Lipinski definition) is 0. The molecule has 3 heteroatoms. The Bertz CT molecular complexity index is 507. The van der Waals surface area contributed by atoms with Gasteiger partial charge in [-0.15, -0.1) is 6.58 Å². The van der Waals surface area contributed by atoms with Gasteiger partial charge in [-0.1, -0.05) is 32.1 Å². The maximum atomic E-state index is 12.4. The highest BCUT2D eigenvalue weighted by atomic mass is 16.7. The number of ether oxygens (including phenoxy) is 2. The molecule has 0 aromatic carbocycles. The van der Waals surface area contributed by atoms with Crippen LogP contribution in [0.25, 0.3) is 0 Å². The predicted molar refractivity (Wildman–Crippen MR) is 102 cm³/mol. The van der Waals surface area contributed by atoms with Crippen LogP contribution >= 0.6 is 0 Å². The van der Waals surface area contributed by atoms with Crippen molar-refractivity contribution in [3.05, 3.63) is 24.8 Å². The fraction of sp³-hybridized carbons (Fsp3) is 0.773. The molecule has 2 rings (SSSR count). The van der Waals surface area contributed by atoms with Crippen molar-refractivity contribution in [1.29, 1.82) is 0 Å². The van der Waals surface area contributed by atoms with E-state index in [1.165, 1.54) is 6.42 Å². The van der Waals surface area contributed by atoms with Gasteiger partial charge in [0, 0.05) is 19.4 Å². The van der Waals surface area contributed by atoms with Crippen LogP contribution in [0.2, 0.25) is 0 Å². The Labute approximate surface area is 153 Å². The lowest BCUT2D eigenvalue weighted by Gasteiger charge is -2.43. The van der Waals surface area contributed by atoms with E-state index in [9.17, 15) is 4.79 Å². The first-order valence-corrected chi connectivity index (χ1v) is 9.72. The van der Waals surface area contributed by atoms with Crippen LogP contribution in [0.5, 0.6) is 0 Å². The number of hydrogen-bond acceptors (Lipinski definition) is 3. The molecule has 0 spiro atoms. The maximum Gasteiger partial charge on any atom is 0.147 e. The van der Waals surface area contributed by atoms with Crippen LogP contribution in [0, 0.1) is 29.1 Å². The minimum absolute atomic E-state index is 0.173. The summed E-state index contributed by atoms with van der Waals surface area (Å²) in [5.41, 5.74) is -0.189. The average molecular weight is 349 g/mol. The second-order valence-corrected chi connectivity index (χ2v) is 8.75. The van der Waals surface area contributed by atoms with Gasteiger partial charge in [0.05, 0.1) is 5.60 Å². The summed E-state index contributed by atoms with van der Waals surface area (Å²) in [5.74, 6) is 2.14. The Kier molecular flexibility index (Phi) is 6.67. The molecule has 2 aliphatic rings. The third-order valence-corrected chi connectivity index (χ3v) is 6.72. The van der Waals surface area contributed by atoms with Crippen molar-refractivity contribution in [2.45, 2.75) is 65.4 Å². The van der Waals surface area contributed by atoms with Gasteiger partial charge in [0.15, 0.2) is 0 Å². The Morgan fingerprint density at radius 3 is 2.76 bits per heavy atom. The summed E-state index contributed by atoms with van der Waals surface area (Å²) in [6, 6.07) is 0. The van der Waals surface area contributed by atoms with E-state index in [2.05, 4.69) is 38.7 Å². The predicted octanol–water partition coefficient (Wildman–Crippen LogP) is 5.17. The van der Waals surface area contributed by atoms with Crippen LogP contribution in [0.3, 0.4) is 0 Å². The van der Waals surface area contributed by atoms with Crippen LogP contribution in [0.15, 0.2) is 24.8 Å². The van der Waals surface area contributed by atoms with Crippen LogP contribution in [0.1, 0.15) is 59.8 Å². The van der Waals surface area contributed by atoms with Gasteiger partial charge in [-0.25, -0.2) is 0 Å². The second-order valence-electron chi connectivity index (χ2n) is 8.75. The smallest absolute Gasteiger partial charge is 0.147 e. The minimum atomic E-state index is -0.361. The first kappa shape index (κ1) is 20.4. The van der Waals surface area contributed by atoms with Crippen molar-refractivity contribution in [2.75, 3.05) is 13.9 Å². The standard InChI is InChI=1S/C22H36O3/c1-7-17(12-14-21(3,4)25-15-24-6)16(2)18-10-11-19-20(23)9-8-13-22(18,19)5/h7,12,14,16-19H,1,8-11,13,15H2,2-6H3/b14-12+/t16-,17-,18-,19+,22-/m1/s1. The first-order valence-electron chi connectivity index (χ1n) is 9.72.